The van der Waals surface area contributed by atoms with Gasteiger partial charge in [-0.25, -0.2) is 0 Å². The Morgan fingerprint density at radius 1 is 1.75 bits per heavy atom. The van der Waals surface area contributed by atoms with Crippen molar-refractivity contribution in [2.75, 3.05) is 0 Å². The Balaban J connectivity index is 0. The molecule has 0 aliphatic carbocycles. The van der Waals surface area contributed by atoms with Crippen LogP contribution in [0.3, 0.4) is 0 Å². The number of hydrogen-bond donors (Lipinski definition) is 1. The molecule has 4 heavy (non-hydrogen) atoms. The minimum atomic E-state index is 0. The molecule has 0 rings (SSSR count). The minimum Gasteiger partial charge on any atom is -0.443 e. The number of aliphatic hydroxyl groups excluding tert-OH is 1. The Hall–Kier alpha value is 0.225. The van der Waals surface area contributed by atoms with Crippen molar-refractivity contribution in [3.05, 3.63) is 0 Å². The van der Waals surface area contributed by atoms with Crippen LogP contribution in [0.1, 0.15) is 0 Å². The average Bonchev–Trinajstić information content (AvgIpc) is 0.918. The van der Waals surface area contributed by atoms with Gasteiger partial charge < -0.3 is 5.11 Å². The van der Waals surface area contributed by atoms with Crippen LogP contribution in [0.5, 0.6) is 0 Å². The van der Waals surface area contributed by atoms with E-state index in [2.05, 4.69) is 0 Å². The summed E-state index contributed by atoms with van der Waals surface area (Å²) < 4.78 is 0. The first-order chi connectivity index (χ1) is 1.41. The third-order valence-corrected chi connectivity index (χ3v) is 0. The molecule has 1 N–H and O–H groups in total. The molecule has 0 aromatic rings. The fourth-order valence-electron chi connectivity index (χ4n) is 0. The van der Waals surface area contributed by atoms with E-state index in [-0.39, 0.29) is 27.7 Å². The van der Waals surface area contributed by atoms with Gasteiger partial charge in [0.05, 0.1) is 0 Å². The van der Waals surface area contributed by atoms with Gasteiger partial charge in [-0.1, -0.05) is 0 Å². The van der Waals surface area contributed by atoms with E-state index < -0.39 is 0 Å². The summed E-state index contributed by atoms with van der Waals surface area (Å²) in [6, 6.07) is 0. The number of aliphatic hydroxyl groups is 1. The third-order valence-electron chi connectivity index (χ3n) is 0. The zero-order chi connectivity index (χ0) is 2.71. The van der Waals surface area contributed by atoms with E-state index in [4.69, 9.17) is 10.4 Å². The monoisotopic (exact) mass is 245 g/mol. The van der Waals surface area contributed by atoms with Crippen molar-refractivity contribution < 1.29 is 32.8 Å². The molecule has 0 saturated carbocycles. The second-order valence-electron chi connectivity index (χ2n) is 0.100. The van der Waals surface area contributed by atoms with E-state index in [1.165, 1.54) is 0 Å². The van der Waals surface area contributed by atoms with E-state index in [9.17, 15) is 0 Å². The van der Waals surface area contributed by atoms with Crippen molar-refractivity contribution in [3.63, 3.8) is 0 Å². The molecule has 18 valence electrons. The predicted molar refractivity (Wildman–Crippen MR) is 7.55 cm³/mol. The number of hydrogen-bond acceptors (Lipinski definition) is 2. The van der Waals surface area contributed by atoms with Crippen molar-refractivity contribution in [1.82, 2.24) is 0 Å². The van der Waals surface area contributed by atoms with E-state index >= 15 is 0 Å². The molecular formula is CHHgNO. The van der Waals surface area contributed by atoms with Crippen molar-refractivity contribution >= 4 is 0 Å². The molecule has 0 saturated heterocycles. The van der Waals surface area contributed by atoms with Crippen LogP contribution in [0, 0.1) is 11.5 Å². The smallest absolute Gasteiger partial charge is 0.283 e. The van der Waals surface area contributed by atoms with Crippen LogP contribution >= 0.6 is 0 Å². The summed E-state index contributed by atoms with van der Waals surface area (Å²) in [7, 11) is 0. The van der Waals surface area contributed by atoms with Gasteiger partial charge in [0, 0.05) is 27.7 Å². The molecule has 3 heteroatoms. The largest absolute Gasteiger partial charge is 0.443 e. The van der Waals surface area contributed by atoms with Crippen molar-refractivity contribution in [2.24, 2.45) is 0 Å². The first-order valence-electron chi connectivity index (χ1n) is 0.447. The summed E-state index contributed by atoms with van der Waals surface area (Å²) in [5.41, 5.74) is 0. The Morgan fingerprint density at radius 3 is 1.75 bits per heavy atom. The summed E-state index contributed by atoms with van der Waals surface area (Å²) >= 11 is 0. The quantitative estimate of drug-likeness (QED) is 0.475. The zero-order valence-electron chi connectivity index (χ0n) is 2.10. The van der Waals surface area contributed by atoms with Crippen LogP contribution in [0.25, 0.3) is 0 Å². The Morgan fingerprint density at radius 2 is 1.75 bits per heavy atom. The molecule has 2 nitrogen and oxygen atoms in total. The SMILES string of the molecule is N#CO.[Hg]. The summed E-state index contributed by atoms with van der Waals surface area (Å²) in [5, 5.41) is 13.8. The molecule has 0 aliphatic rings. The number of nitrogens with zero attached hydrogens (tertiary/aromatic N) is 1. The van der Waals surface area contributed by atoms with Crippen LogP contribution in [-0.4, -0.2) is 5.11 Å². The summed E-state index contributed by atoms with van der Waals surface area (Å²) in [6.45, 7) is 0. The Kier molecular flexibility index (Phi) is 23.6. The summed E-state index contributed by atoms with van der Waals surface area (Å²) in [5.74, 6) is 0. The third kappa shape index (κ3) is 65.9. The number of nitriles is 1. The maximum absolute atomic E-state index is 6.88. The van der Waals surface area contributed by atoms with Crippen LogP contribution < -0.4 is 0 Å². The zero-order valence-corrected chi connectivity index (χ0v) is 7.60. The molecule has 0 fully saturated rings. The van der Waals surface area contributed by atoms with Crippen molar-refractivity contribution in [1.29, 1.82) is 5.26 Å². The normalized spacial score (nSPS) is 1.75. The first kappa shape index (κ1) is 8.88. The standard InChI is InChI=1S/CHNO.Hg/c2-1-3;/h3H;. The molecule has 0 bridgehead atoms. The summed E-state index contributed by atoms with van der Waals surface area (Å²) in [6.07, 6.45) is 0.750. The molecule has 0 aromatic heterocycles. The van der Waals surface area contributed by atoms with Crippen LogP contribution in [0.2, 0.25) is 0 Å². The molecule has 0 aromatic carbocycles. The topological polar surface area (TPSA) is 44.0 Å². The van der Waals surface area contributed by atoms with Gasteiger partial charge >= 0.3 is 0 Å². The first-order valence-corrected chi connectivity index (χ1v) is 0.447. The van der Waals surface area contributed by atoms with E-state index in [0.29, 0.717) is 0 Å². The maximum Gasteiger partial charge on any atom is 0.283 e. The maximum atomic E-state index is 6.88. The van der Waals surface area contributed by atoms with Crippen molar-refractivity contribution in [2.45, 2.75) is 0 Å². The molecule has 0 spiro atoms. The molecule has 0 amide bonds. The fraction of sp³-hybridized carbons (Fsp3) is 0. The van der Waals surface area contributed by atoms with Gasteiger partial charge in [0.2, 0.25) is 0 Å². The van der Waals surface area contributed by atoms with Gasteiger partial charge in [-0.2, -0.15) is 5.26 Å². The average molecular weight is 244 g/mol. The number of rotatable bonds is 0. The van der Waals surface area contributed by atoms with Gasteiger partial charge in [0.15, 0.2) is 0 Å². The molecule has 0 radical (unpaired) electrons. The van der Waals surface area contributed by atoms with E-state index in [0.717, 1.165) is 6.26 Å². The van der Waals surface area contributed by atoms with Crippen LogP contribution in [-0.2, 0) is 27.7 Å². The van der Waals surface area contributed by atoms with Gasteiger partial charge in [-0.3, -0.25) is 0 Å². The van der Waals surface area contributed by atoms with E-state index in [1.54, 1.807) is 0 Å². The molecular weight excluding hydrogens is 243 g/mol. The van der Waals surface area contributed by atoms with Crippen molar-refractivity contribution in [3.8, 4) is 6.26 Å². The minimum absolute atomic E-state index is 0. The molecule has 0 atom stereocenters. The second-order valence-corrected chi connectivity index (χ2v) is 0.100. The molecule has 0 unspecified atom stereocenters. The van der Waals surface area contributed by atoms with E-state index in [1.807, 2.05) is 0 Å². The van der Waals surface area contributed by atoms with Gasteiger partial charge in [0.1, 0.15) is 0 Å². The van der Waals surface area contributed by atoms with Crippen LogP contribution in [0.4, 0.5) is 0 Å². The Bertz CT molecular complexity index is 29.5. The summed E-state index contributed by atoms with van der Waals surface area (Å²) in [4.78, 5) is 0. The predicted octanol–water partition coefficient (Wildman–Crippen LogP) is -0.163. The van der Waals surface area contributed by atoms with Gasteiger partial charge in [0.25, 0.3) is 6.26 Å². The van der Waals surface area contributed by atoms with Gasteiger partial charge in [-0.05, 0) is 0 Å². The molecule has 0 aliphatic heterocycles. The fourth-order valence-corrected chi connectivity index (χ4v) is 0. The van der Waals surface area contributed by atoms with Crippen LogP contribution in [0.15, 0.2) is 0 Å². The molecule has 0 heterocycles. The van der Waals surface area contributed by atoms with Gasteiger partial charge in [-0.15, -0.1) is 0 Å². The Labute approximate surface area is 44.6 Å². The second kappa shape index (κ2) is 10.6.